The number of guanidine groups is 1. The van der Waals surface area contributed by atoms with Crippen LogP contribution in [0.25, 0.3) is 0 Å². The number of ether oxygens (including phenoxy) is 1. The highest BCUT2D eigenvalue weighted by atomic mass is 19.4. The molecule has 2 aromatic rings. The van der Waals surface area contributed by atoms with Gasteiger partial charge < -0.3 is 15.4 Å². The monoisotopic (exact) mass is 365 g/mol. The minimum Gasteiger partial charge on any atom is -0.489 e. The summed E-state index contributed by atoms with van der Waals surface area (Å²) in [6.45, 7) is 0.615. The molecule has 2 N–H and O–H groups in total. The molecule has 0 atom stereocenters. The molecule has 0 unspecified atom stereocenters. The van der Waals surface area contributed by atoms with Crippen molar-refractivity contribution in [1.29, 1.82) is 0 Å². The zero-order valence-electron chi connectivity index (χ0n) is 14.5. The zero-order valence-corrected chi connectivity index (χ0v) is 14.5. The van der Waals surface area contributed by atoms with Gasteiger partial charge in [-0.2, -0.15) is 13.2 Å². The summed E-state index contributed by atoms with van der Waals surface area (Å²) < 4.78 is 42.4. The van der Waals surface area contributed by atoms with Crippen LogP contribution in [0.5, 0.6) is 5.75 Å². The third kappa shape index (κ3) is 7.04. The van der Waals surface area contributed by atoms with Gasteiger partial charge in [-0.25, -0.2) is 0 Å². The smallest absolute Gasteiger partial charge is 0.390 e. The summed E-state index contributed by atoms with van der Waals surface area (Å²) in [5, 5.41) is 5.69. The molecular weight excluding hydrogens is 343 g/mol. The Balaban J connectivity index is 1.88. The predicted molar refractivity (Wildman–Crippen MR) is 96.1 cm³/mol. The lowest BCUT2D eigenvalue weighted by Gasteiger charge is -2.15. The molecule has 140 valence electrons. The van der Waals surface area contributed by atoms with Gasteiger partial charge in [-0.15, -0.1) is 0 Å². The quantitative estimate of drug-likeness (QED) is 0.578. The highest BCUT2D eigenvalue weighted by Crippen LogP contribution is 2.18. The first kappa shape index (κ1) is 19.6. The van der Waals surface area contributed by atoms with Crippen molar-refractivity contribution in [2.24, 2.45) is 4.99 Å². The normalized spacial score (nSPS) is 11.9. The highest BCUT2D eigenvalue weighted by molar-refractivity contribution is 5.79. The highest BCUT2D eigenvalue weighted by Gasteiger charge is 2.26. The molecule has 2 rings (SSSR count). The number of aliphatic imine (C=N–C) groups is 1. The maximum absolute atomic E-state index is 12.2. The Bertz CT molecular complexity index is 703. The average Bonchev–Trinajstić information content (AvgIpc) is 2.63. The second-order valence-corrected chi connectivity index (χ2v) is 5.59. The van der Waals surface area contributed by atoms with E-state index in [0.29, 0.717) is 19.1 Å². The maximum atomic E-state index is 12.2. The number of nitrogens with one attached hydrogen (secondary N) is 2. The summed E-state index contributed by atoms with van der Waals surface area (Å²) >= 11 is 0. The Morgan fingerprint density at radius 3 is 2.27 bits per heavy atom. The van der Waals surface area contributed by atoms with Gasteiger partial charge in [0, 0.05) is 20.1 Å². The van der Waals surface area contributed by atoms with Gasteiger partial charge in [-0.3, -0.25) is 4.99 Å². The topological polar surface area (TPSA) is 45.7 Å². The zero-order chi connectivity index (χ0) is 18.8. The van der Waals surface area contributed by atoms with Crippen molar-refractivity contribution in [3.63, 3.8) is 0 Å². The van der Waals surface area contributed by atoms with Gasteiger partial charge in [0.1, 0.15) is 12.4 Å². The molecule has 0 aromatic heterocycles. The minimum atomic E-state index is -4.19. The predicted octanol–water partition coefficient (Wildman–Crippen LogP) is 3.88. The summed E-state index contributed by atoms with van der Waals surface area (Å²) in [4.78, 5) is 3.94. The number of nitrogens with zero attached hydrogens (tertiary/aromatic N) is 1. The van der Waals surface area contributed by atoms with Crippen molar-refractivity contribution in [3.05, 3.63) is 65.7 Å². The fourth-order valence-electron chi connectivity index (χ4n) is 2.27. The van der Waals surface area contributed by atoms with Gasteiger partial charge in [-0.05, 0) is 23.3 Å². The van der Waals surface area contributed by atoms with Gasteiger partial charge in [0.2, 0.25) is 0 Å². The van der Waals surface area contributed by atoms with E-state index in [-0.39, 0.29) is 6.54 Å². The Kier molecular flexibility index (Phi) is 7.32. The van der Waals surface area contributed by atoms with Crippen molar-refractivity contribution in [1.82, 2.24) is 10.6 Å². The van der Waals surface area contributed by atoms with E-state index in [1.54, 1.807) is 0 Å². The van der Waals surface area contributed by atoms with Crippen LogP contribution in [0.3, 0.4) is 0 Å². The number of alkyl halides is 3. The molecule has 0 fully saturated rings. The van der Waals surface area contributed by atoms with Crippen molar-refractivity contribution in [2.45, 2.75) is 25.7 Å². The summed E-state index contributed by atoms with van der Waals surface area (Å²) in [5.74, 6) is 1.10. The summed E-state index contributed by atoms with van der Waals surface area (Å²) in [5.41, 5.74) is 1.98. The van der Waals surface area contributed by atoms with E-state index in [9.17, 15) is 13.2 Å². The molecule has 0 heterocycles. The second-order valence-electron chi connectivity index (χ2n) is 5.59. The van der Waals surface area contributed by atoms with E-state index in [1.165, 1.54) is 7.05 Å². The molecule has 0 bridgehead atoms. The van der Waals surface area contributed by atoms with E-state index in [1.807, 2.05) is 54.6 Å². The number of rotatable bonds is 7. The standard InChI is InChI=1S/C19H22F3N3O/c1-23-18(24-12-11-19(20,21)22)25-13-15-7-5-6-8-16(15)14-26-17-9-3-2-4-10-17/h2-10H,11-14H2,1H3,(H2,23,24,25). The van der Waals surface area contributed by atoms with Gasteiger partial charge >= 0.3 is 6.18 Å². The van der Waals surface area contributed by atoms with Crippen molar-refractivity contribution < 1.29 is 17.9 Å². The third-order valence-electron chi connectivity index (χ3n) is 3.63. The van der Waals surface area contributed by atoms with Crippen LogP contribution in [0.15, 0.2) is 59.6 Å². The fraction of sp³-hybridized carbons (Fsp3) is 0.316. The summed E-state index contributed by atoms with van der Waals surface area (Å²) in [6.07, 6.45) is -5.09. The first-order valence-electron chi connectivity index (χ1n) is 8.24. The lowest BCUT2D eigenvalue weighted by Crippen LogP contribution is -2.38. The Hall–Kier alpha value is -2.70. The molecule has 0 saturated heterocycles. The van der Waals surface area contributed by atoms with Crippen LogP contribution >= 0.6 is 0 Å². The van der Waals surface area contributed by atoms with Gasteiger partial charge in [0.25, 0.3) is 0 Å². The second kappa shape index (κ2) is 9.70. The van der Waals surface area contributed by atoms with Crippen LogP contribution in [0.2, 0.25) is 0 Å². The summed E-state index contributed by atoms with van der Waals surface area (Å²) in [6, 6.07) is 17.2. The largest absolute Gasteiger partial charge is 0.489 e. The van der Waals surface area contributed by atoms with E-state index in [2.05, 4.69) is 15.6 Å². The number of hydrogen-bond donors (Lipinski definition) is 2. The molecule has 0 saturated carbocycles. The van der Waals surface area contributed by atoms with Crippen LogP contribution in [-0.2, 0) is 13.2 Å². The molecule has 7 heteroatoms. The molecule has 0 spiro atoms. The van der Waals surface area contributed by atoms with Crippen LogP contribution in [0.1, 0.15) is 17.5 Å². The number of halogens is 3. The number of para-hydroxylation sites is 1. The molecule has 0 aliphatic rings. The van der Waals surface area contributed by atoms with Gasteiger partial charge in [0.05, 0.1) is 6.42 Å². The molecule has 0 amide bonds. The first-order chi connectivity index (χ1) is 12.5. The lowest BCUT2D eigenvalue weighted by atomic mass is 10.1. The van der Waals surface area contributed by atoms with Crippen LogP contribution in [-0.4, -0.2) is 25.7 Å². The van der Waals surface area contributed by atoms with Gasteiger partial charge in [-0.1, -0.05) is 42.5 Å². The summed E-state index contributed by atoms with van der Waals surface area (Å²) in [7, 11) is 1.52. The van der Waals surface area contributed by atoms with E-state index >= 15 is 0 Å². The molecule has 0 aliphatic carbocycles. The number of benzene rings is 2. The van der Waals surface area contributed by atoms with E-state index in [4.69, 9.17) is 4.74 Å². The first-order valence-corrected chi connectivity index (χ1v) is 8.24. The van der Waals surface area contributed by atoms with Crippen LogP contribution < -0.4 is 15.4 Å². The number of hydrogen-bond acceptors (Lipinski definition) is 2. The van der Waals surface area contributed by atoms with Crippen molar-refractivity contribution in [2.75, 3.05) is 13.6 Å². The SMILES string of the molecule is CN=C(NCCC(F)(F)F)NCc1ccccc1COc1ccccc1. The van der Waals surface area contributed by atoms with Gasteiger partial charge in [0.15, 0.2) is 5.96 Å². The van der Waals surface area contributed by atoms with E-state index < -0.39 is 12.6 Å². The van der Waals surface area contributed by atoms with Crippen LogP contribution in [0.4, 0.5) is 13.2 Å². The Morgan fingerprint density at radius 1 is 0.962 bits per heavy atom. The Morgan fingerprint density at radius 2 is 1.62 bits per heavy atom. The third-order valence-corrected chi connectivity index (χ3v) is 3.63. The minimum absolute atomic E-state index is 0.220. The molecule has 4 nitrogen and oxygen atoms in total. The van der Waals surface area contributed by atoms with E-state index in [0.717, 1.165) is 16.9 Å². The maximum Gasteiger partial charge on any atom is 0.390 e. The molecular formula is C19H22F3N3O. The molecule has 0 radical (unpaired) electrons. The molecule has 2 aromatic carbocycles. The lowest BCUT2D eigenvalue weighted by molar-refractivity contribution is -0.132. The fourth-order valence-corrected chi connectivity index (χ4v) is 2.27. The van der Waals surface area contributed by atoms with Crippen molar-refractivity contribution >= 4 is 5.96 Å². The molecule has 26 heavy (non-hydrogen) atoms. The Labute approximate surface area is 151 Å². The van der Waals surface area contributed by atoms with Crippen LogP contribution in [0, 0.1) is 0 Å². The van der Waals surface area contributed by atoms with Crippen molar-refractivity contribution in [3.8, 4) is 5.75 Å². The molecule has 0 aliphatic heterocycles. The average molecular weight is 365 g/mol.